The number of hydrogen-bond donors (Lipinski definition) is 2. The van der Waals surface area contributed by atoms with Crippen molar-refractivity contribution in [3.8, 4) is 0 Å². The molecule has 9 nitrogen and oxygen atoms in total. The minimum absolute atomic E-state index is 0.219. The average molecular weight is 400 g/mol. The van der Waals surface area contributed by atoms with Crippen LogP contribution < -0.4 is 10.6 Å². The number of sulfonamides is 1. The maximum Gasteiger partial charge on any atom is 0.436 e. The van der Waals surface area contributed by atoms with Crippen molar-refractivity contribution in [2.75, 3.05) is 30.7 Å². The number of ether oxygens (including phenoxy) is 1. The van der Waals surface area contributed by atoms with E-state index >= 15 is 0 Å². The predicted molar refractivity (Wildman–Crippen MR) is 83.9 cm³/mol. The normalized spacial score (nSPS) is 22.2. The molecule has 2 N–H and O–H groups in total. The number of carbonyl (C=O) groups is 1. The summed E-state index contributed by atoms with van der Waals surface area (Å²) in [6.45, 7) is 3.73. The molecule has 1 fully saturated rings. The summed E-state index contributed by atoms with van der Waals surface area (Å²) < 4.78 is 72.8. The molecule has 0 spiro atoms. The number of nitrogens with zero attached hydrogens (tertiary/aromatic N) is 2. The second-order valence-electron chi connectivity index (χ2n) is 5.85. The van der Waals surface area contributed by atoms with E-state index in [9.17, 15) is 26.4 Å². The number of rotatable bonds is 5. The lowest BCUT2D eigenvalue weighted by Gasteiger charge is -2.34. The van der Waals surface area contributed by atoms with E-state index in [0.29, 0.717) is 6.07 Å². The van der Waals surface area contributed by atoms with Crippen LogP contribution in [0.25, 0.3) is 0 Å². The molecular weight excluding hydrogens is 381 g/mol. The zero-order valence-corrected chi connectivity index (χ0v) is 14.9. The van der Waals surface area contributed by atoms with E-state index in [0.717, 1.165) is 0 Å². The first-order valence-corrected chi connectivity index (χ1v) is 9.30. The standard InChI is InChI=1S/C13H19F3N4O5S/c1-8-6-20(7-9(2)24-8)26(22,23)4-3-17-12(21)18-11-5-10(19-25-11)13(14,15)16/h5,8-9H,3-4,6-7H2,1-2H3,(H2,17,18,21). The first-order valence-electron chi connectivity index (χ1n) is 7.69. The number of nitrogens with one attached hydrogen (secondary N) is 2. The minimum atomic E-state index is -4.69. The van der Waals surface area contributed by atoms with Crippen molar-refractivity contribution in [3.63, 3.8) is 0 Å². The van der Waals surface area contributed by atoms with Gasteiger partial charge in [-0.3, -0.25) is 5.32 Å². The van der Waals surface area contributed by atoms with Crippen LogP contribution in [0.5, 0.6) is 0 Å². The number of halogens is 3. The largest absolute Gasteiger partial charge is 0.436 e. The van der Waals surface area contributed by atoms with Gasteiger partial charge >= 0.3 is 12.2 Å². The number of alkyl halides is 3. The SMILES string of the molecule is CC1CN(S(=O)(=O)CCNC(=O)Nc2cc(C(F)(F)F)no2)CC(C)O1. The summed E-state index contributed by atoms with van der Waals surface area (Å²) in [7, 11) is -3.61. The quantitative estimate of drug-likeness (QED) is 0.769. The Morgan fingerprint density at radius 1 is 1.35 bits per heavy atom. The highest BCUT2D eigenvalue weighted by Crippen LogP contribution is 2.29. The summed E-state index contributed by atoms with van der Waals surface area (Å²) >= 11 is 0. The first-order chi connectivity index (χ1) is 12.0. The topological polar surface area (TPSA) is 114 Å². The van der Waals surface area contributed by atoms with Gasteiger partial charge in [0.25, 0.3) is 0 Å². The van der Waals surface area contributed by atoms with Crippen LogP contribution in [0.3, 0.4) is 0 Å². The summed E-state index contributed by atoms with van der Waals surface area (Å²) in [6.07, 6.45) is -5.17. The molecule has 2 atom stereocenters. The van der Waals surface area contributed by atoms with E-state index in [1.54, 1.807) is 13.8 Å². The number of carbonyl (C=O) groups excluding carboxylic acids is 1. The zero-order valence-electron chi connectivity index (χ0n) is 14.0. The van der Waals surface area contributed by atoms with Crippen LogP contribution in [0.4, 0.5) is 23.8 Å². The second-order valence-corrected chi connectivity index (χ2v) is 7.93. The van der Waals surface area contributed by atoms with Crippen molar-refractivity contribution < 1.29 is 35.6 Å². The fourth-order valence-electron chi connectivity index (χ4n) is 2.40. The Morgan fingerprint density at radius 2 is 1.96 bits per heavy atom. The van der Waals surface area contributed by atoms with Gasteiger partial charge in [-0.15, -0.1) is 0 Å². The van der Waals surface area contributed by atoms with Crippen molar-refractivity contribution in [2.45, 2.75) is 32.2 Å². The predicted octanol–water partition coefficient (Wildman–Crippen LogP) is 1.25. The van der Waals surface area contributed by atoms with E-state index in [1.165, 1.54) is 4.31 Å². The van der Waals surface area contributed by atoms with Crippen molar-refractivity contribution in [2.24, 2.45) is 0 Å². The summed E-state index contributed by atoms with van der Waals surface area (Å²) in [5.74, 6) is -0.863. The maximum atomic E-state index is 12.4. The Kier molecular flexibility index (Phi) is 6.13. The van der Waals surface area contributed by atoms with Gasteiger partial charge in [0.05, 0.1) is 18.0 Å². The Morgan fingerprint density at radius 3 is 2.50 bits per heavy atom. The average Bonchev–Trinajstić information content (AvgIpc) is 2.94. The highest BCUT2D eigenvalue weighted by atomic mass is 32.2. The van der Waals surface area contributed by atoms with Crippen LogP contribution in [0, 0.1) is 0 Å². The van der Waals surface area contributed by atoms with Gasteiger partial charge in [0.15, 0.2) is 5.69 Å². The number of urea groups is 1. The van der Waals surface area contributed by atoms with Gasteiger partial charge in [-0.05, 0) is 13.8 Å². The van der Waals surface area contributed by atoms with Gasteiger partial charge in [-0.25, -0.2) is 13.2 Å². The van der Waals surface area contributed by atoms with E-state index in [2.05, 4.69) is 15.0 Å². The van der Waals surface area contributed by atoms with Crippen molar-refractivity contribution >= 4 is 21.9 Å². The molecule has 0 aromatic carbocycles. The summed E-state index contributed by atoms with van der Waals surface area (Å²) in [4.78, 5) is 11.6. The first kappa shape index (κ1) is 20.5. The molecule has 1 aliphatic rings. The Hall–Kier alpha value is -1.86. The summed E-state index contributed by atoms with van der Waals surface area (Å²) in [6, 6.07) is -0.388. The molecule has 1 aliphatic heterocycles. The molecule has 0 bridgehead atoms. The van der Waals surface area contributed by atoms with Gasteiger partial charge in [-0.2, -0.15) is 17.5 Å². The molecule has 1 aromatic rings. The third-order valence-corrected chi connectivity index (χ3v) is 5.27. The lowest BCUT2D eigenvalue weighted by Crippen LogP contribution is -2.49. The van der Waals surface area contributed by atoms with Crippen LogP contribution in [-0.4, -0.2) is 61.5 Å². The molecule has 13 heteroatoms. The van der Waals surface area contributed by atoms with Gasteiger partial charge in [0.2, 0.25) is 15.9 Å². The number of anilines is 1. The van der Waals surface area contributed by atoms with Gasteiger partial charge < -0.3 is 14.6 Å². The van der Waals surface area contributed by atoms with Gasteiger partial charge in [0, 0.05) is 25.7 Å². The summed E-state index contributed by atoms with van der Waals surface area (Å²) in [5, 5.41) is 7.03. The van der Waals surface area contributed by atoms with E-state index in [4.69, 9.17) is 4.74 Å². The third kappa shape index (κ3) is 5.57. The van der Waals surface area contributed by atoms with Crippen LogP contribution in [0.1, 0.15) is 19.5 Å². The molecule has 26 heavy (non-hydrogen) atoms. The highest BCUT2D eigenvalue weighted by Gasteiger charge is 2.35. The molecule has 0 saturated carbocycles. The Labute approximate surface area is 147 Å². The molecule has 2 rings (SSSR count). The number of aromatic nitrogens is 1. The molecule has 1 saturated heterocycles. The Balaban J connectivity index is 1.81. The molecule has 0 radical (unpaired) electrons. The smallest absolute Gasteiger partial charge is 0.373 e. The van der Waals surface area contributed by atoms with E-state index < -0.39 is 33.8 Å². The monoisotopic (exact) mass is 400 g/mol. The van der Waals surface area contributed by atoms with Crippen LogP contribution in [0.2, 0.25) is 0 Å². The lowest BCUT2D eigenvalue weighted by molar-refractivity contribution is -0.142. The second kappa shape index (κ2) is 7.80. The fourth-order valence-corrected chi connectivity index (χ4v) is 3.90. The zero-order chi connectivity index (χ0) is 19.5. The van der Waals surface area contributed by atoms with Crippen LogP contribution in [0.15, 0.2) is 10.6 Å². The number of hydrogen-bond acceptors (Lipinski definition) is 6. The molecule has 1 aromatic heterocycles. The van der Waals surface area contributed by atoms with Gasteiger partial charge in [-0.1, -0.05) is 5.16 Å². The number of morpholine rings is 1. The van der Waals surface area contributed by atoms with Crippen molar-refractivity contribution in [3.05, 3.63) is 11.8 Å². The van der Waals surface area contributed by atoms with Crippen LogP contribution in [-0.2, 0) is 20.9 Å². The van der Waals surface area contributed by atoms with Crippen molar-refractivity contribution in [1.29, 1.82) is 0 Å². The fraction of sp³-hybridized carbons (Fsp3) is 0.692. The van der Waals surface area contributed by atoms with E-state index in [-0.39, 0.29) is 37.6 Å². The molecular formula is C13H19F3N4O5S. The summed E-state index contributed by atoms with van der Waals surface area (Å²) in [5.41, 5.74) is -1.29. The van der Waals surface area contributed by atoms with Crippen LogP contribution >= 0.6 is 0 Å². The molecule has 2 unspecified atom stereocenters. The van der Waals surface area contributed by atoms with Gasteiger partial charge in [0.1, 0.15) is 0 Å². The highest BCUT2D eigenvalue weighted by molar-refractivity contribution is 7.89. The molecule has 2 amide bonds. The Bertz CT molecular complexity index is 726. The number of amides is 2. The molecule has 0 aliphatic carbocycles. The molecule has 2 heterocycles. The molecule has 148 valence electrons. The minimum Gasteiger partial charge on any atom is -0.373 e. The van der Waals surface area contributed by atoms with Crippen molar-refractivity contribution in [1.82, 2.24) is 14.8 Å². The lowest BCUT2D eigenvalue weighted by atomic mass is 10.3. The third-order valence-electron chi connectivity index (χ3n) is 3.46. The maximum absolute atomic E-state index is 12.4. The van der Waals surface area contributed by atoms with E-state index in [1.807, 2.05) is 5.32 Å².